The van der Waals surface area contributed by atoms with E-state index >= 15 is 0 Å². The van der Waals surface area contributed by atoms with E-state index in [1.165, 1.54) is 43.6 Å². The standard InChI is InChI=1S/C27H31NO2S/c1-5-27(6-2)21-10-8-7-9-18(21)26-20-15-23(28-11-13-30-14-12-28)25(31-4)16-19(20)24(29-3)17-22(26)27/h7-10,15-17H,5-6,11-14H2,1-4H3. The second-order valence-corrected chi connectivity index (χ2v) is 9.35. The van der Waals surface area contributed by atoms with Gasteiger partial charge in [-0.3, -0.25) is 0 Å². The van der Waals surface area contributed by atoms with E-state index in [4.69, 9.17) is 9.47 Å². The second-order valence-electron chi connectivity index (χ2n) is 8.51. The first kappa shape index (κ1) is 20.7. The molecule has 0 aromatic heterocycles. The van der Waals surface area contributed by atoms with Crippen LogP contribution in [-0.2, 0) is 10.2 Å². The highest BCUT2D eigenvalue weighted by Crippen LogP contribution is 2.57. The van der Waals surface area contributed by atoms with E-state index in [1.807, 2.05) is 11.8 Å². The molecule has 3 aromatic rings. The maximum Gasteiger partial charge on any atom is 0.127 e. The number of methoxy groups -OCH3 is 1. The van der Waals surface area contributed by atoms with Gasteiger partial charge in [0.05, 0.1) is 26.0 Å². The first-order valence-electron chi connectivity index (χ1n) is 11.3. The average Bonchev–Trinajstić information content (AvgIpc) is 3.13. The van der Waals surface area contributed by atoms with Gasteiger partial charge in [-0.2, -0.15) is 0 Å². The minimum atomic E-state index is 0.0463. The monoisotopic (exact) mass is 433 g/mol. The Morgan fingerprint density at radius 1 is 1.00 bits per heavy atom. The Bertz CT molecular complexity index is 1130. The van der Waals surface area contributed by atoms with E-state index in [2.05, 4.69) is 67.5 Å². The molecule has 1 saturated heterocycles. The average molecular weight is 434 g/mol. The number of hydrogen-bond donors (Lipinski definition) is 0. The van der Waals surface area contributed by atoms with Gasteiger partial charge in [-0.15, -0.1) is 11.8 Å². The molecule has 3 nitrogen and oxygen atoms in total. The fourth-order valence-corrected chi connectivity index (χ4v) is 6.36. The van der Waals surface area contributed by atoms with E-state index in [0.717, 1.165) is 44.9 Å². The maximum atomic E-state index is 5.98. The molecule has 0 unspecified atom stereocenters. The smallest absolute Gasteiger partial charge is 0.127 e. The van der Waals surface area contributed by atoms with Gasteiger partial charge in [0.25, 0.3) is 0 Å². The number of ether oxygens (including phenoxy) is 2. The number of nitrogens with zero attached hydrogens (tertiary/aromatic N) is 1. The zero-order valence-corrected chi connectivity index (χ0v) is 19.8. The molecule has 5 rings (SSSR count). The van der Waals surface area contributed by atoms with Crippen molar-refractivity contribution in [2.45, 2.75) is 37.0 Å². The molecule has 162 valence electrons. The predicted octanol–water partition coefficient (Wildman–Crippen LogP) is 6.49. The van der Waals surface area contributed by atoms with Crippen LogP contribution in [-0.4, -0.2) is 39.7 Å². The van der Waals surface area contributed by atoms with Gasteiger partial charge >= 0.3 is 0 Å². The van der Waals surface area contributed by atoms with Gasteiger partial charge in [-0.25, -0.2) is 0 Å². The molecule has 1 aliphatic carbocycles. The Kier molecular flexibility index (Phi) is 5.39. The van der Waals surface area contributed by atoms with Crippen molar-refractivity contribution in [1.82, 2.24) is 0 Å². The first-order chi connectivity index (χ1) is 15.2. The quantitative estimate of drug-likeness (QED) is 0.429. The number of anilines is 1. The van der Waals surface area contributed by atoms with E-state index in [-0.39, 0.29) is 5.41 Å². The van der Waals surface area contributed by atoms with Gasteiger partial charge in [0.15, 0.2) is 0 Å². The van der Waals surface area contributed by atoms with Crippen LogP contribution in [0.25, 0.3) is 21.9 Å². The minimum absolute atomic E-state index is 0.0463. The summed E-state index contributed by atoms with van der Waals surface area (Å²) in [6, 6.07) is 16.1. The summed E-state index contributed by atoms with van der Waals surface area (Å²) in [5, 5.41) is 2.52. The third kappa shape index (κ3) is 2.99. The Labute approximate surface area is 189 Å². The Morgan fingerprint density at radius 2 is 1.74 bits per heavy atom. The number of hydrogen-bond acceptors (Lipinski definition) is 4. The van der Waals surface area contributed by atoms with Crippen molar-refractivity contribution in [3.8, 4) is 16.9 Å². The van der Waals surface area contributed by atoms with Gasteiger partial charge in [-0.05, 0) is 64.9 Å². The van der Waals surface area contributed by atoms with Crippen molar-refractivity contribution in [3.63, 3.8) is 0 Å². The highest BCUT2D eigenvalue weighted by atomic mass is 32.2. The Hall–Kier alpha value is -2.17. The van der Waals surface area contributed by atoms with Crippen molar-refractivity contribution < 1.29 is 9.47 Å². The van der Waals surface area contributed by atoms with Crippen LogP contribution in [0.1, 0.15) is 37.8 Å². The number of thioether (sulfide) groups is 1. The van der Waals surface area contributed by atoms with Crippen LogP contribution in [0.3, 0.4) is 0 Å². The summed E-state index contributed by atoms with van der Waals surface area (Å²) >= 11 is 1.81. The van der Waals surface area contributed by atoms with E-state index in [0.29, 0.717) is 0 Å². The SMILES string of the molecule is CCC1(CC)c2ccccc2-c2c1cc(OC)c1cc(SC)c(N3CCOCC3)cc21. The molecular weight excluding hydrogens is 402 g/mol. The van der Waals surface area contributed by atoms with Crippen molar-refractivity contribution in [2.24, 2.45) is 0 Å². The topological polar surface area (TPSA) is 21.7 Å². The maximum absolute atomic E-state index is 5.98. The van der Waals surface area contributed by atoms with Crippen LogP contribution in [0, 0.1) is 0 Å². The molecule has 0 spiro atoms. The molecule has 0 radical (unpaired) electrons. The Morgan fingerprint density at radius 3 is 2.42 bits per heavy atom. The predicted molar refractivity (Wildman–Crippen MR) is 132 cm³/mol. The van der Waals surface area contributed by atoms with E-state index < -0.39 is 0 Å². The molecule has 0 atom stereocenters. The zero-order valence-electron chi connectivity index (χ0n) is 19.0. The van der Waals surface area contributed by atoms with Crippen LogP contribution in [0.15, 0.2) is 47.4 Å². The fourth-order valence-electron chi connectivity index (χ4n) is 5.73. The van der Waals surface area contributed by atoms with Gasteiger partial charge < -0.3 is 14.4 Å². The summed E-state index contributed by atoms with van der Waals surface area (Å²) in [6.07, 6.45) is 4.34. The molecule has 0 amide bonds. The van der Waals surface area contributed by atoms with Crippen LogP contribution < -0.4 is 9.64 Å². The van der Waals surface area contributed by atoms with Crippen molar-refractivity contribution in [3.05, 3.63) is 53.6 Å². The third-order valence-corrected chi connectivity index (χ3v) is 8.17. The molecule has 3 aromatic carbocycles. The molecule has 0 bridgehead atoms. The van der Waals surface area contributed by atoms with Gasteiger partial charge in [0, 0.05) is 28.8 Å². The molecule has 2 aliphatic rings. The first-order valence-corrected chi connectivity index (χ1v) is 12.6. The molecule has 0 N–H and O–H groups in total. The lowest BCUT2D eigenvalue weighted by Crippen LogP contribution is -2.36. The largest absolute Gasteiger partial charge is 0.496 e. The molecule has 1 aliphatic heterocycles. The van der Waals surface area contributed by atoms with Crippen molar-refractivity contribution >= 4 is 28.2 Å². The van der Waals surface area contributed by atoms with Gasteiger partial charge in [0.2, 0.25) is 0 Å². The third-order valence-electron chi connectivity index (χ3n) is 7.40. The number of fused-ring (bicyclic) bond motifs is 5. The lowest BCUT2D eigenvalue weighted by atomic mass is 9.73. The normalized spacial score (nSPS) is 17.0. The number of benzene rings is 3. The van der Waals surface area contributed by atoms with Crippen molar-refractivity contribution in [2.75, 3.05) is 44.6 Å². The molecular formula is C27H31NO2S. The van der Waals surface area contributed by atoms with E-state index in [9.17, 15) is 0 Å². The number of rotatable bonds is 5. The minimum Gasteiger partial charge on any atom is -0.496 e. The highest BCUT2D eigenvalue weighted by molar-refractivity contribution is 7.98. The summed E-state index contributed by atoms with van der Waals surface area (Å²) < 4.78 is 11.6. The van der Waals surface area contributed by atoms with Gasteiger partial charge in [0.1, 0.15) is 5.75 Å². The molecule has 0 saturated carbocycles. The van der Waals surface area contributed by atoms with Crippen LogP contribution in [0.2, 0.25) is 0 Å². The lowest BCUT2D eigenvalue weighted by molar-refractivity contribution is 0.122. The molecule has 31 heavy (non-hydrogen) atoms. The van der Waals surface area contributed by atoms with E-state index in [1.54, 1.807) is 7.11 Å². The molecule has 4 heteroatoms. The Balaban J connectivity index is 1.87. The summed E-state index contributed by atoms with van der Waals surface area (Å²) in [4.78, 5) is 3.78. The zero-order chi connectivity index (χ0) is 21.6. The van der Waals surface area contributed by atoms with Crippen LogP contribution in [0.5, 0.6) is 5.75 Å². The second kappa shape index (κ2) is 8.07. The lowest BCUT2D eigenvalue weighted by Gasteiger charge is -2.32. The highest BCUT2D eigenvalue weighted by Gasteiger charge is 2.42. The van der Waals surface area contributed by atoms with Gasteiger partial charge in [-0.1, -0.05) is 38.1 Å². The summed E-state index contributed by atoms with van der Waals surface area (Å²) in [7, 11) is 1.80. The van der Waals surface area contributed by atoms with Crippen molar-refractivity contribution in [1.29, 1.82) is 0 Å². The van der Waals surface area contributed by atoms with Crippen LogP contribution >= 0.6 is 11.8 Å². The molecule has 1 fully saturated rings. The summed E-state index contributed by atoms with van der Waals surface area (Å²) in [5.74, 6) is 0.983. The molecule has 1 heterocycles. The van der Waals surface area contributed by atoms with Crippen LogP contribution in [0.4, 0.5) is 5.69 Å². The summed E-state index contributed by atoms with van der Waals surface area (Å²) in [5.41, 5.74) is 7.04. The number of morpholine rings is 1. The summed E-state index contributed by atoms with van der Waals surface area (Å²) in [6.45, 7) is 8.11. The fraction of sp³-hybridized carbons (Fsp3) is 0.407.